The molecule has 4 aliphatic rings. The summed E-state index contributed by atoms with van der Waals surface area (Å²) >= 11 is 0. The molecule has 14 atom stereocenters. The molecule has 2 aliphatic carbocycles. The molecule has 4 rings (SSSR count). The first-order valence-electron chi connectivity index (χ1n) is 40.1. The number of likely N-dealkylation sites (N-methyl/N-ethyl adjacent to an activating group) is 6. The summed E-state index contributed by atoms with van der Waals surface area (Å²) in [7, 11) is 11.8. The SMILES string of the molecule is CCCCN1CC(=O)N(C)[C@@H](CC2CCCCC2)C(=O)N(C)[C@@H](CC(C)C)C(=O)N[C@@H](CCC2CCC(C(=O)NC)C(OC)C2)C(=O)N(C)[C@@H](CC(C)C)C(=O)N[C@H](C(=O)N2CCCCC2)CC(=O)N(C)CC(=O)N(C)[C@@H](CC(C)C)C(=O)N[C@@H]([C@@H](C)CC)C(=O)N(C)[C@@H](CC(C)C)C(=O)N[C@@H]([C@@H](C)O)C1=O. The highest BCUT2D eigenvalue weighted by molar-refractivity contribution is 6.00. The number of hydrogen-bond acceptors (Lipinski definition) is 15. The lowest BCUT2D eigenvalue weighted by molar-refractivity contribution is -0.152. The topological polar surface area (TPSA) is 337 Å². The van der Waals surface area contributed by atoms with Gasteiger partial charge in [0.05, 0.1) is 37.6 Å². The van der Waals surface area contributed by atoms with E-state index in [2.05, 4.69) is 26.6 Å². The highest BCUT2D eigenvalue weighted by Crippen LogP contribution is 2.35. The first-order chi connectivity index (χ1) is 50.3. The van der Waals surface area contributed by atoms with Gasteiger partial charge in [-0.3, -0.25) is 62.3 Å². The monoisotopic (exact) mass is 1510 g/mol. The van der Waals surface area contributed by atoms with E-state index >= 15 is 33.6 Å². The molecule has 107 heavy (non-hydrogen) atoms. The van der Waals surface area contributed by atoms with Crippen LogP contribution in [0.3, 0.4) is 0 Å². The number of aliphatic hydroxyl groups excluding tert-OH is 1. The van der Waals surface area contributed by atoms with Crippen LogP contribution in [0.25, 0.3) is 0 Å². The lowest BCUT2D eigenvalue weighted by Crippen LogP contribution is -2.62. The minimum atomic E-state index is -1.63. The van der Waals surface area contributed by atoms with Gasteiger partial charge in [0, 0.05) is 76.1 Å². The normalized spacial score (nSPS) is 27.8. The van der Waals surface area contributed by atoms with Crippen molar-refractivity contribution in [3.05, 3.63) is 0 Å². The highest BCUT2D eigenvalue weighted by Gasteiger charge is 2.45. The maximum Gasteiger partial charge on any atom is 0.248 e. The van der Waals surface area contributed by atoms with E-state index in [0.29, 0.717) is 70.9 Å². The summed E-state index contributed by atoms with van der Waals surface area (Å²) in [5, 5.41) is 25.9. The molecule has 3 unspecified atom stereocenters. The van der Waals surface area contributed by atoms with Crippen molar-refractivity contribution < 1.29 is 72.2 Å². The Kier molecular flexibility index (Phi) is 38.5. The molecule has 2 aliphatic heterocycles. The van der Waals surface area contributed by atoms with Gasteiger partial charge in [0.25, 0.3) is 0 Å². The van der Waals surface area contributed by atoms with Crippen LogP contribution in [0.2, 0.25) is 0 Å². The average Bonchev–Trinajstić information content (AvgIpc) is 0.820. The van der Waals surface area contributed by atoms with E-state index in [9.17, 15) is 33.9 Å². The van der Waals surface area contributed by atoms with E-state index in [0.717, 1.165) is 43.4 Å². The molecule has 2 saturated carbocycles. The molecule has 28 heteroatoms. The Morgan fingerprint density at radius 2 is 1.00 bits per heavy atom. The van der Waals surface area contributed by atoms with Gasteiger partial charge in [-0.2, -0.15) is 0 Å². The third kappa shape index (κ3) is 27.2. The number of nitrogens with one attached hydrogen (secondary N) is 5. The van der Waals surface area contributed by atoms with Crippen LogP contribution in [0.5, 0.6) is 0 Å². The van der Waals surface area contributed by atoms with Crippen molar-refractivity contribution in [3.8, 4) is 0 Å². The fourth-order valence-electron chi connectivity index (χ4n) is 15.6. The molecule has 0 aromatic carbocycles. The Hall–Kier alpha value is -6.97. The molecule has 0 aromatic rings. The molecule has 610 valence electrons. The number of unbranched alkanes of at least 4 members (excludes halogenated alkanes) is 1. The first kappa shape index (κ1) is 92.4. The zero-order valence-corrected chi connectivity index (χ0v) is 68.8. The molecule has 6 N–H and O–H groups in total. The van der Waals surface area contributed by atoms with Crippen molar-refractivity contribution in [1.82, 2.24) is 65.8 Å². The van der Waals surface area contributed by atoms with E-state index in [1.54, 1.807) is 26.0 Å². The smallest absolute Gasteiger partial charge is 0.248 e. The molecule has 2 saturated heterocycles. The van der Waals surface area contributed by atoms with Gasteiger partial charge in [0.1, 0.15) is 54.4 Å². The zero-order chi connectivity index (χ0) is 80.4. The first-order valence-corrected chi connectivity index (χ1v) is 40.1. The molecule has 13 amide bonds. The number of hydrogen-bond donors (Lipinski definition) is 6. The third-order valence-electron chi connectivity index (χ3n) is 22.7. The van der Waals surface area contributed by atoms with E-state index in [-0.39, 0.29) is 86.5 Å². The molecule has 0 spiro atoms. The predicted octanol–water partition coefficient (Wildman–Crippen LogP) is 5.10. The maximum atomic E-state index is 15.7. The van der Waals surface area contributed by atoms with Crippen molar-refractivity contribution in [3.63, 3.8) is 0 Å². The van der Waals surface area contributed by atoms with Crippen molar-refractivity contribution >= 4 is 76.8 Å². The van der Waals surface area contributed by atoms with E-state index in [4.69, 9.17) is 4.74 Å². The number of rotatable bonds is 22. The second kappa shape index (κ2) is 44.6. The number of methoxy groups -OCH3 is 1. The number of carbonyl (C=O) groups is 13. The second-order valence-corrected chi connectivity index (χ2v) is 33.1. The van der Waals surface area contributed by atoms with Gasteiger partial charge in [-0.1, -0.05) is 121 Å². The highest BCUT2D eigenvalue weighted by atomic mass is 16.5. The molecular weight excluding hydrogens is 1370 g/mol. The average molecular weight is 1510 g/mol. The van der Waals surface area contributed by atoms with Crippen LogP contribution in [0, 0.1) is 47.3 Å². The number of amides is 13. The van der Waals surface area contributed by atoms with Crippen LogP contribution in [0.1, 0.15) is 224 Å². The number of aliphatic hydroxyl groups is 1. The van der Waals surface area contributed by atoms with Crippen molar-refractivity contribution in [2.45, 2.75) is 291 Å². The predicted molar refractivity (Wildman–Crippen MR) is 410 cm³/mol. The Morgan fingerprint density at radius 3 is 1.50 bits per heavy atom. The van der Waals surface area contributed by atoms with Gasteiger partial charge >= 0.3 is 0 Å². The minimum absolute atomic E-state index is 0.00422. The Labute approximate surface area is 639 Å². The van der Waals surface area contributed by atoms with Crippen LogP contribution in [0.15, 0.2) is 0 Å². The van der Waals surface area contributed by atoms with E-state index < -0.39 is 169 Å². The number of likely N-dealkylation sites (tertiary alicyclic amines) is 1. The van der Waals surface area contributed by atoms with Crippen molar-refractivity contribution in [2.24, 2.45) is 47.3 Å². The molecule has 0 bridgehead atoms. The number of ether oxygens (including phenoxy) is 1. The summed E-state index contributed by atoms with van der Waals surface area (Å²) in [4.78, 5) is 205. The summed E-state index contributed by atoms with van der Waals surface area (Å²) in [6.07, 6.45) is 8.03. The summed E-state index contributed by atoms with van der Waals surface area (Å²) < 4.78 is 5.88. The minimum Gasteiger partial charge on any atom is -0.391 e. The molecule has 0 radical (unpaired) electrons. The summed E-state index contributed by atoms with van der Waals surface area (Å²) in [6, 6.07) is -11.8. The maximum absolute atomic E-state index is 15.7. The molecule has 28 nitrogen and oxygen atoms in total. The van der Waals surface area contributed by atoms with Gasteiger partial charge in [-0.25, -0.2) is 0 Å². The standard InChI is InChI=1S/C79H139N13O15/c1-21-23-36-92-47-67(96)87(16)63(43-54-30-26-24-27-31-54)77(104)89(18)61(41-50(7)8)71(98)81-57(35-33-55-32-34-56(70(97)80-13)64(44-55)107-20)75(102)88(17)60(40-49(5)6)72(99)82-58(76(103)91-37-28-25-29-38-91)45-65(94)85(14)46-66(95)86(15)59(39-48(3)4)73(100)83-68(52(11)22-2)78(105)90(19)62(42-51(9)10)74(101)84-69(53(12)93)79(92)106/h48-64,68-69,93H,21-47H2,1-20H3,(H,80,97)(H,81,98)(H,82,99)(H,83,100)(H,84,101)/t52-,53+,55?,56?,57-,58-,59-,60-,61-,62-,63-,64?,68-,69-/m0/s1. The Balaban J connectivity index is 2.00. The zero-order valence-electron chi connectivity index (χ0n) is 68.8. The molecular formula is C79H139N13O15. The van der Waals surface area contributed by atoms with Crippen LogP contribution >= 0.6 is 0 Å². The molecule has 0 aromatic heterocycles. The molecule has 2 heterocycles. The Morgan fingerprint density at radius 1 is 0.523 bits per heavy atom. The van der Waals surface area contributed by atoms with Gasteiger partial charge in [0.15, 0.2) is 0 Å². The quantitative estimate of drug-likeness (QED) is 0.0821. The lowest BCUT2D eigenvalue weighted by atomic mass is 9.77. The van der Waals surface area contributed by atoms with Gasteiger partial charge in [-0.15, -0.1) is 0 Å². The number of nitrogens with zero attached hydrogens (tertiary/aromatic N) is 8. The number of carbonyl (C=O) groups excluding carboxylic acids is 13. The third-order valence-corrected chi connectivity index (χ3v) is 22.7. The second-order valence-electron chi connectivity index (χ2n) is 33.1. The summed E-state index contributed by atoms with van der Waals surface area (Å²) in [6.45, 7) is 21.4. The lowest BCUT2D eigenvalue weighted by Gasteiger charge is -2.39. The van der Waals surface area contributed by atoms with Gasteiger partial charge < -0.3 is 75.6 Å². The number of piperidine rings is 1. The van der Waals surface area contributed by atoms with Gasteiger partial charge in [-0.05, 0) is 138 Å². The van der Waals surface area contributed by atoms with Crippen LogP contribution in [0.4, 0.5) is 0 Å². The van der Waals surface area contributed by atoms with Crippen LogP contribution < -0.4 is 26.6 Å². The summed E-state index contributed by atoms with van der Waals surface area (Å²) in [5.41, 5.74) is 0. The van der Waals surface area contributed by atoms with Crippen LogP contribution in [-0.2, 0) is 67.1 Å². The van der Waals surface area contributed by atoms with Gasteiger partial charge in [0.2, 0.25) is 76.8 Å². The van der Waals surface area contributed by atoms with Crippen LogP contribution in [-0.4, -0.2) is 277 Å². The van der Waals surface area contributed by atoms with E-state index in [1.165, 1.54) is 78.6 Å². The fourth-order valence-corrected chi connectivity index (χ4v) is 15.6. The van der Waals surface area contributed by atoms with Crippen molar-refractivity contribution in [2.75, 3.05) is 89.2 Å². The van der Waals surface area contributed by atoms with Crippen molar-refractivity contribution in [1.29, 1.82) is 0 Å². The Bertz CT molecular complexity index is 2960. The summed E-state index contributed by atoms with van der Waals surface area (Å²) in [5.74, 6) is -10.0. The van der Waals surface area contributed by atoms with E-state index in [1.807, 2.05) is 69.2 Å². The largest absolute Gasteiger partial charge is 0.391 e. The molecule has 4 fully saturated rings. The fraction of sp³-hybridized carbons (Fsp3) is 0.835.